The maximum atomic E-state index is 13.4. The predicted octanol–water partition coefficient (Wildman–Crippen LogP) is 1.99. The van der Waals surface area contributed by atoms with Gasteiger partial charge in [-0.3, -0.25) is 19.1 Å². The van der Waals surface area contributed by atoms with Gasteiger partial charge in [-0.25, -0.2) is 14.2 Å². The zero-order valence-electron chi connectivity index (χ0n) is 17.9. The molecule has 0 radical (unpaired) electrons. The first-order chi connectivity index (χ1) is 15.8. The summed E-state index contributed by atoms with van der Waals surface area (Å²) in [5.74, 6) is -1.28. The van der Waals surface area contributed by atoms with Crippen molar-refractivity contribution >= 4 is 35.0 Å². The van der Waals surface area contributed by atoms with Crippen molar-refractivity contribution in [3.05, 3.63) is 46.0 Å². The van der Waals surface area contributed by atoms with Crippen LogP contribution in [0.1, 0.15) is 34.6 Å². The summed E-state index contributed by atoms with van der Waals surface area (Å²) in [4.78, 5) is 44.5. The van der Waals surface area contributed by atoms with Crippen LogP contribution in [-0.4, -0.2) is 68.9 Å². The minimum Gasteiger partial charge on any atom is -0.389 e. The Labute approximate surface area is 193 Å². The summed E-state index contributed by atoms with van der Waals surface area (Å²) < 4.78 is 15.0. The number of nitrogens with one attached hydrogen (secondary N) is 1. The number of hydrogen-bond acceptors (Lipinski definition) is 6. The zero-order chi connectivity index (χ0) is 23.7. The van der Waals surface area contributed by atoms with E-state index in [1.54, 1.807) is 9.58 Å². The number of fused-ring (bicyclic) bond motifs is 3. The Morgan fingerprint density at radius 1 is 1.39 bits per heavy atom. The van der Waals surface area contributed by atoms with E-state index in [0.29, 0.717) is 36.3 Å². The second kappa shape index (κ2) is 9.46. The first-order valence-corrected chi connectivity index (χ1v) is 10.8. The molecule has 0 fully saturated rings. The maximum Gasteiger partial charge on any atom is 0.322 e. The van der Waals surface area contributed by atoms with Crippen molar-refractivity contribution in [3.8, 4) is 0 Å². The van der Waals surface area contributed by atoms with Gasteiger partial charge in [0.2, 0.25) is 0 Å². The smallest absolute Gasteiger partial charge is 0.322 e. The summed E-state index contributed by atoms with van der Waals surface area (Å²) in [7, 11) is 1.49. The number of carbonyl (C=O) groups is 3. The van der Waals surface area contributed by atoms with Crippen LogP contribution >= 0.6 is 11.6 Å². The van der Waals surface area contributed by atoms with Crippen LogP contribution in [0.4, 0.5) is 14.9 Å². The number of amides is 3. The highest BCUT2D eigenvalue weighted by atomic mass is 35.5. The van der Waals surface area contributed by atoms with Crippen molar-refractivity contribution in [2.75, 3.05) is 25.5 Å². The third-order valence-electron chi connectivity index (χ3n) is 5.65. The lowest BCUT2D eigenvalue weighted by Crippen LogP contribution is -2.39. The van der Waals surface area contributed by atoms with Crippen LogP contribution in [0.5, 0.6) is 0 Å². The molecule has 0 saturated carbocycles. The number of hydroxylamine groups is 2. The first-order valence-electron chi connectivity index (χ1n) is 10.4. The topological polar surface area (TPSA) is 117 Å². The summed E-state index contributed by atoms with van der Waals surface area (Å²) in [5, 5.41) is 17.2. The van der Waals surface area contributed by atoms with E-state index in [0.717, 1.165) is 10.8 Å². The SMILES string of the molecule is CN1OC(CCC(=O)CO)Cn2nc3c(c2C1=O)CN(C(=O)Nc1ccc(F)c(Cl)c1)CC3. The summed E-state index contributed by atoms with van der Waals surface area (Å²) in [6.45, 7) is 0.278. The molecule has 0 spiro atoms. The molecule has 1 unspecified atom stereocenters. The number of urea groups is 1. The first kappa shape index (κ1) is 23.1. The van der Waals surface area contributed by atoms with Gasteiger partial charge in [0.1, 0.15) is 24.2 Å². The number of ketones is 1. The number of aliphatic hydroxyl groups excluding tert-OH is 1. The van der Waals surface area contributed by atoms with Crippen molar-refractivity contribution in [2.45, 2.75) is 38.5 Å². The number of rotatable bonds is 5. The molecule has 176 valence electrons. The van der Waals surface area contributed by atoms with Gasteiger partial charge in [0.05, 0.1) is 23.8 Å². The third kappa shape index (κ3) is 4.85. The van der Waals surface area contributed by atoms with Crippen LogP contribution < -0.4 is 5.32 Å². The van der Waals surface area contributed by atoms with Crippen molar-refractivity contribution in [1.82, 2.24) is 19.7 Å². The van der Waals surface area contributed by atoms with Gasteiger partial charge in [-0.2, -0.15) is 5.10 Å². The van der Waals surface area contributed by atoms with E-state index in [2.05, 4.69) is 10.4 Å². The molecule has 1 aromatic carbocycles. The number of hydrogen-bond donors (Lipinski definition) is 2. The summed E-state index contributed by atoms with van der Waals surface area (Å²) in [6, 6.07) is 3.50. The van der Waals surface area contributed by atoms with Crippen LogP contribution in [0.25, 0.3) is 0 Å². The minimum absolute atomic E-state index is 0.0976. The van der Waals surface area contributed by atoms with Crippen LogP contribution in [0.15, 0.2) is 18.2 Å². The van der Waals surface area contributed by atoms with Crippen molar-refractivity contribution < 1.29 is 28.7 Å². The van der Waals surface area contributed by atoms with E-state index in [1.165, 1.54) is 25.2 Å². The van der Waals surface area contributed by atoms with Gasteiger partial charge in [-0.1, -0.05) is 11.6 Å². The molecule has 0 saturated heterocycles. The maximum absolute atomic E-state index is 13.4. The van der Waals surface area contributed by atoms with Crippen molar-refractivity contribution in [1.29, 1.82) is 0 Å². The predicted molar refractivity (Wildman–Crippen MR) is 115 cm³/mol. The fraction of sp³-hybridized carbons (Fsp3) is 0.429. The Morgan fingerprint density at radius 2 is 2.18 bits per heavy atom. The van der Waals surface area contributed by atoms with Gasteiger partial charge in [0.15, 0.2) is 5.78 Å². The lowest BCUT2D eigenvalue weighted by molar-refractivity contribution is -0.152. The number of anilines is 1. The normalized spacial score (nSPS) is 17.9. The van der Waals surface area contributed by atoms with E-state index >= 15 is 0 Å². The summed E-state index contributed by atoms with van der Waals surface area (Å²) >= 11 is 5.78. The molecule has 2 aliphatic heterocycles. The zero-order valence-corrected chi connectivity index (χ0v) is 18.6. The quantitative estimate of drug-likeness (QED) is 0.677. The molecule has 33 heavy (non-hydrogen) atoms. The Balaban J connectivity index is 1.52. The molecule has 0 bridgehead atoms. The largest absolute Gasteiger partial charge is 0.389 e. The molecule has 10 nitrogen and oxygen atoms in total. The Morgan fingerprint density at radius 3 is 2.91 bits per heavy atom. The molecule has 1 atom stereocenters. The average Bonchev–Trinajstić information content (AvgIpc) is 3.10. The van der Waals surface area contributed by atoms with Gasteiger partial charge >= 0.3 is 6.03 Å². The molecule has 12 heteroatoms. The van der Waals surface area contributed by atoms with Gasteiger partial charge in [-0.05, 0) is 24.6 Å². The average molecular weight is 480 g/mol. The summed E-state index contributed by atoms with van der Waals surface area (Å²) in [6.07, 6.45) is 0.439. The molecular formula is C21H23ClFN5O5. The molecule has 2 aromatic rings. The lowest BCUT2D eigenvalue weighted by Gasteiger charge is -2.27. The summed E-state index contributed by atoms with van der Waals surface area (Å²) in [5.41, 5.74) is 2.06. The van der Waals surface area contributed by atoms with Crippen molar-refractivity contribution in [3.63, 3.8) is 0 Å². The monoisotopic (exact) mass is 479 g/mol. The van der Waals surface area contributed by atoms with Gasteiger partial charge in [0.25, 0.3) is 5.91 Å². The second-order valence-corrected chi connectivity index (χ2v) is 8.36. The molecular weight excluding hydrogens is 457 g/mol. The van der Waals surface area contributed by atoms with E-state index in [9.17, 15) is 18.8 Å². The minimum atomic E-state index is -0.580. The Kier molecular flexibility index (Phi) is 6.63. The van der Waals surface area contributed by atoms with Crippen molar-refractivity contribution in [2.24, 2.45) is 0 Å². The molecule has 3 heterocycles. The third-order valence-corrected chi connectivity index (χ3v) is 5.94. The van der Waals surface area contributed by atoms with Crippen LogP contribution in [-0.2, 0) is 29.1 Å². The number of benzene rings is 1. The number of aliphatic hydroxyl groups is 1. The van der Waals surface area contributed by atoms with E-state index < -0.39 is 30.5 Å². The number of nitrogens with zero attached hydrogens (tertiary/aromatic N) is 4. The highest BCUT2D eigenvalue weighted by Crippen LogP contribution is 2.27. The molecule has 2 N–H and O–H groups in total. The number of carbonyl (C=O) groups excluding carboxylic acids is 3. The lowest BCUT2D eigenvalue weighted by atomic mass is 10.0. The van der Waals surface area contributed by atoms with E-state index in [4.69, 9.17) is 21.5 Å². The number of Topliss-reactive ketones (excluding diaryl/α,β-unsaturated/α-hetero) is 1. The fourth-order valence-corrected chi connectivity index (χ4v) is 4.12. The molecule has 3 amide bonds. The standard InChI is InChI=1S/C21H23ClFN5O5/c1-26-20(31)19-15-10-27(21(32)24-12-2-5-17(23)16(22)8-12)7-6-18(15)25-28(19)9-14(33-26)4-3-13(30)11-29/h2,5,8,14,29H,3-4,6-7,9-11H2,1H3,(H,24,32). The highest BCUT2D eigenvalue weighted by Gasteiger charge is 2.35. The molecule has 0 aliphatic carbocycles. The Bertz CT molecular complexity index is 1110. The Hall–Kier alpha value is -3.02. The van der Waals surface area contributed by atoms with Crippen LogP contribution in [0.2, 0.25) is 5.02 Å². The van der Waals surface area contributed by atoms with Crippen LogP contribution in [0, 0.1) is 5.82 Å². The van der Waals surface area contributed by atoms with Crippen LogP contribution in [0.3, 0.4) is 0 Å². The van der Waals surface area contributed by atoms with E-state index in [1.807, 2.05) is 0 Å². The van der Waals surface area contributed by atoms with Gasteiger partial charge in [-0.15, -0.1) is 0 Å². The van der Waals surface area contributed by atoms with E-state index in [-0.39, 0.29) is 30.3 Å². The van der Waals surface area contributed by atoms with Gasteiger partial charge in [0, 0.05) is 37.7 Å². The number of aromatic nitrogens is 2. The highest BCUT2D eigenvalue weighted by molar-refractivity contribution is 6.31. The molecule has 1 aromatic heterocycles. The fourth-order valence-electron chi connectivity index (χ4n) is 3.94. The van der Waals surface area contributed by atoms with Gasteiger partial charge < -0.3 is 15.3 Å². The second-order valence-electron chi connectivity index (χ2n) is 7.95. The number of halogens is 2. The molecule has 2 aliphatic rings. The molecule has 4 rings (SSSR count).